The highest BCUT2D eigenvalue weighted by Crippen LogP contribution is 2.39. The maximum atomic E-state index is 5.69. The monoisotopic (exact) mass is 270 g/mol. The number of rotatable bonds is 1. The van der Waals surface area contributed by atoms with E-state index in [0.29, 0.717) is 13.2 Å². The highest BCUT2D eigenvalue weighted by Gasteiger charge is 2.20. The first-order chi connectivity index (χ1) is 9.86. The molecular formula is C16H18N2O2. The van der Waals surface area contributed by atoms with Gasteiger partial charge < -0.3 is 14.8 Å². The predicted octanol–water partition coefficient (Wildman–Crippen LogP) is 2.93. The van der Waals surface area contributed by atoms with E-state index < -0.39 is 0 Å². The fourth-order valence-electron chi connectivity index (χ4n) is 3.25. The molecule has 2 aliphatic rings. The molecule has 4 heteroatoms. The van der Waals surface area contributed by atoms with Crippen LogP contribution in [-0.2, 0) is 12.8 Å². The van der Waals surface area contributed by atoms with Gasteiger partial charge in [-0.3, -0.25) is 4.98 Å². The Balaban J connectivity index is 2.00. The molecule has 0 saturated carbocycles. The van der Waals surface area contributed by atoms with Crippen molar-refractivity contribution < 1.29 is 9.47 Å². The van der Waals surface area contributed by atoms with E-state index in [1.54, 1.807) is 0 Å². The van der Waals surface area contributed by atoms with E-state index in [4.69, 9.17) is 14.5 Å². The van der Waals surface area contributed by atoms with Crippen LogP contribution in [0.4, 0.5) is 5.69 Å². The molecule has 4 rings (SSSR count). The molecule has 1 aliphatic heterocycles. The maximum absolute atomic E-state index is 5.69. The Morgan fingerprint density at radius 2 is 1.80 bits per heavy atom. The molecule has 0 radical (unpaired) electrons. The molecule has 4 nitrogen and oxygen atoms in total. The summed E-state index contributed by atoms with van der Waals surface area (Å²) >= 11 is 0. The number of fused-ring (bicyclic) bond motifs is 3. The van der Waals surface area contributed by atoms with Crippen LogP contribution in [0.25, 0.3) is 10.9 Å². The molecule has 0 fully saturated rings. The predicted molar refractivity (Wildman–Crippen MR) is 78.9 cm³/mol. The van der Waals surface area contributed by atoms with Crippen LogP contribution >= 0.6 is 0 Å². The van der Waals surface area contributed by atoms with Crippen LogP contribution in [0.5, 0.6) is 11.5 Å². The van der Waals surface area contributed by atoms with Gasteiger partial charge in [-0.15, -0.1) is 0 Å². The van der Waals surface area contributed by atoms with Gasteiger partial charge in [-0.25, -0.2) is 0 Å². The zero-order valence-corrected chi connectivity index (χ0v) is 11.7. The Kier molecular flexibility index (Phi) is 2.69. The number of benzene rings is 1. The molecular weight excluding hydrogens is 252 g/mol. The summed E-state index contributed by atoms with van der Waals surface area (Å²) in [5.41, 5.74) is 4.83. The molecule has 20 heavy (non-hydrogen) atoms. The van der Waals surface area contributed by atoms with Crippen molar-refractivity contribution >= 4 is 16.6 Å². The molecule has 0 bridgehead atoms. The van der Waals surface area contributed by atoms with E-state index in [0.717, 1.165) is 35.2 Å². The first kappa shape index (κ1) is 11.8. The SMILES string of the molecule is CNc1c2c(nc3cc4c(cc13)OCCO4)CCCC2. The van der Waals surface area contributed by atoms with Crippen molar-refractivity contribution in [2.45, 2.75) is 25.7 Å². The van der Waals surface area contributed by atoms with Crippen molar-refractivity contribution in [3.63, 3.8) is 0 Å². The number of aromatic nitrogens is 1. The molecule has 0 spiro atoms. The lowest BCUT2D eigenvalue weighted by Crippen LogP contribution is -2.16. The number of pyridine rings is 1. The van der Waals surface area contributed by atoms with Gasteiger partial charge in [0, 0.05) is 29.9 Å². The average molecular weight is 270 g/mol. The quantitative estimate of drug-likeness (QED) is 0.865. The van der Waals surface area contributed by atoms with Crippen LogP contribution in [0.15, 0.2) is 12.1 Å². The second-order valence-electron chi connectivity index (χ2n) is 5.38. The second-order valence-corrected chi connectivity index (χ2v) is 5.38. The summed E-state index contributed by atoms with van der Waals surface area (Å²) in [4.78, 5) is 4.86. The average Bonchev–Trinajstić information content (AvgIpc) is 2.50. The van der Waals surface area contributed by atoms with E-state index in [1.165, 1.54) is 29.8 Å². The maximum Gasteiger partial charge on any atom is 0.163 e. The molecule has 0 unspecified atom stereocenters. The number of nitrogens with one attached hydrogen (secondary N) is 1. The third-order valence-corrected chi connectivity index (χ3v) is 4.18. The van der Waals surface area contributed by atoms with Crippen molar-refractivity contribution in [3.05, 3.63) is 23.4 Å². The normalized spacial score (nSPS) is 16.9. The van der Waals surface area contributed by atoms with Gasteiger partial charge in [0.15, 0.2) is 11.5 Å². The van der Waals surface area contributed by atoms with Crippen molar-refractivity contribution in [2.24, 2.45) is 0 Å². The van der Waals surface area contributed by atoms with Crippen molar-refractivity contribution in [3.8, 4) is 11.5 Å². The van der Waals surface area contributed by atoms with E-state index in [9.17, 15) is 0 Å². The topological polar surface area (TPSA) is 43.4 Å². The number of hydrogen-bond acceptors (Lipinski definition) is 4. The van der Waals surface area contributed by atoms with E-state index in [1.807, 2.05) is 13.1 Å². The largest absolute Gasteiger partial charge is 0.486 e. The first-order valence-electron chi connectivity index (χ1n) is 7.29. The summed E-state index contributed by atoms with van der Waals surface area (Å²) < 4.78 is 11.4. The highest BCUT2D eigenvalue weighted by molar-refractivity contribution is 5.95. The number of hydrogen-bond donors (Lipinski definition) is 1. The van der Waals surface area contributed by atoms with Gasteiger partial charge >= 0.3 is 0 Å². The standard InChI is InChI=1S/C16H18N2O2/c1-17-16-10-4-2-3-5-12(10)18-13-9-15-14(8-11(13)16)19-6-7-20-15/h8-9H,2-7H2,1H3,(H,17,18). The molecule has 0 atom stereocenters. The van der Waals surface area contributed by atoms with Crippen LogP contribution in [-0.4, -0.2) is 25.2 Å². The lowest BCUT2D eigenvalue weighted by Gasteiger charge is -2.23. The van der Waals surface area contributed by atoms with Crippen LogP contribution in [0, 0.1) is 0 Å². The minimum atomic E-state index is 0.613. The molecule has 2 heterocycles. The summed E-state index contributed by atoms with van der Waals surface area (Å²) in [6.45, 7) is 1.23. The minimum Gasteiger partial charge on any atom is -0.486 e. The Labute approximate surface area is 118 Å². The summed E-state index contributed by atoms with van der Waals surface area (Å²) in [7, 11) is 1.99. The third kappa shape index (κ3) is 1.71. The summed E-state index contributed by atoms with van der Waals surface area (Å²) in [6.07, 6.45) is 4.68. The molecule has 1 aromatic carbocycles. The Morgan fingerprint density at radius 1 is 1.05 bits per heavy atom. The van der Waals surface area contributed by atoms with Crippen molar-refractivity contribution in [1.29, 1.82) is 0 Å². The highest BCUT2D eigenvalue weighted by atomic mass is 16.6. The third-order valence-electron chi connectivity index (χ3n) is 4.18. The van der Waals surface area contributed by atoms with Gasteiger partial charge in [-0.2, -0.15) is 0 Å². The second kappa shape index (κ2) is 4.54. The number of anilines is 1. The molecule has 0 amide bonds. The molecule has 104 valence electrons. The summed E-state index contributed by atoms with van der Waals surface area (Å²) in [6, 6.07) is 4.08. The lowest BCUT2D eigenvalue weighted by atomic mass is 9.92. The zero-order chi connectivity index (χ0) is 13.5. The van der Waals surface area contributed by atoms with Gasteiger partial charge in [-0.05, 0) is 37.3 Å². The molecule has 2 aromatic rings. The van der Waals surface area contributed by atoms with E-state index in [-0.39, 0.29) is 0 Å². The van der Waals surface area contributed by atoms with Gasteiger partial charge in [0.25, 0.3) is 0 Å². The molecule has 0 saturated heterocycles. The smallest absolute Gasteiger partial charge is 0.163 e. The summed E-state index contributed by atoms with van der Waals surface area (Å²) in [5.74, 6) is 1.65. The van der Waals surface area contributed by atoms with Crippen LogP contribution in [0.3, 0.4) is 0 Å². The van der Waals surface area contributed by atoms with Crippen molar-refractivity contribution in [2.75, 3.05) is 25.6 Å². The van der Waals surface area contributed by atoms with Gasteiger partial charge in [-0.1, -0.05) is 0 Å². The fourth-order valence-corrected chi connectivity index (χ4v) is 3.25. The number of ether oxygens (including phenoxy) is 2. The van der Waals surface area contributed by atoms with E-state index in [2.05, 4.69) is 11.4 Å². The number of aryl methyl sites for hydroxylation is 1. The van der Waals surface area contributed by atoms with Gasteiger partial charge in [0.05, 0.1) is 5.52 Å². The van der Waals surface area contributed by atoms with Gasteiger partial charge in [0.1, 0.15) is 13.2 Å². The van der Waals surface area contributed by atoms with Gasteiger partial charge in [0.2, 0.25) is 0 Å². The Morgan fingerprint density at radius 3 is 2.60 bits per heavy atom. The Hall–Kier alpha value is -1.97. The molecule has 1 aromatic heterocycles. The molecule has 1 aliphatic carbocycles. The molecule has 1 N–H and O–H groups in total. The summed E-state index contributed by atoms with van der Waals surface area (Å²) in [5, 5.41) is 4.51. The number of nitrogens with zero attached hydrogens (tertiary/aromatic N) is 1. The van der Waals surface area contributed by atoms with Crippen molar-refractivity contribution in [1.82, 2.24) is 4.98 Å². The lowest BCUT2D eigenvalue weighted by molar-refractivity contribution is 0.172. The zero-order valence-electron chi connectivity index (χ0n) is 11.7. The fraction of sp³-hybridized carbons (Fsp3) is 0.438. The first-order valence-corrected chi connectivity index (χ1v) is 7.29. The minimum absolute atomic E-state index is 0.613. The Bertz CT molecular complexity index is 677. The van der Waals surface area contributed by atoms with Crippen LogP contribution in [0.1, 0.15) is 24.1 Å². The van der Waals surface area contributed by atoms with Crippen LogP contribution < -0.4 is 14.8 Å². The van der Waals surface area contributed by atoms with Crippen LogP contribution in [0.2, 0.25) is 0 Å². The van der Waals surface area contributed by atoms with E-state index >= 15 is 0 Å².